The molecule has 6 nitrogen and oxygen atoms in total. The fourth-order valence-corrected chi connectivity index (χ4v) is 2.90. The standard InChI is InChI=1S/C18H18N4O2S/c1-12-6-3-4-9-15(12)17-20-18(22-21-17)25-11-16(23)19-13-7-5-8-14(10-13)24-2/h3-10H,11H2,1-2H3,(H,19,23)(H,20,21,22). The van der Waals surface area contributed by atoms with Gasteiger partial charge in [-0.05, 0) is 24.6 Å². The summed E-state index contributed by atoms with van der Waals surface area (Å²) in [4.78, 5) is 16.5. The first-order valence-corrected chi connectivity index (χ1v) is 8.69. The molecule has 2 aromatic carbocycles. The molecule has 3 rings (SSSR count). The SMILES string of the molecule is COc1cccc(NC(=O)CSc2n[nH]c(-c3ccccc3C)n2)c1. The number of aromatic nitrogens is 3. The molecule has 1 heterocycles. The molecule has 2 N–H and O–H groups in total. The first kappa shape index (κ1) is 17.0. The number of ether oxygens (including phenoxy) is 1. The highest BCUT2D eigenvalue weighted by molar-refractivity contribution is 7.99. The number of aryl methyl sites for hydroxylation is 1. The number of nitrogens with one attached hydrogen (secondary N) is 2. The van der Waals surface area contributed by atoms with Gasteiger partial charge in [0.25, 0.3) is 0 Å². The van der Waals surface area contributed by atoms with Gasteiger partial charge in [0, 0.05) is 17.3 Å². The Balaban J connectivity index is 1.58. The van der Waals surface area contributed by atoms with Gasteiger partial charge >= 0.3 is 0 Å². The molecule has 0 unspecified atom stereocenters. The largest absolute Gasteiger partial charge is 0.497 e. The molecule has 3 aromatic rings. The lowest BCUT2D eigenvalue weighted by Gasteiger charge is -2.06. The second-order valence-corrected chi connectivity index (χ2v) is 6.29. The zero-order valence-electron chi connectivity index (χ0n) is 13.9. The third kappa shape index (κ3) is 4.39. The van der Waals surface area contributed by atoms with Crippen LogP contribution < -0.4 is 10.1 Å². The molecule has 0 fully saturated rings. The van der Waals surface area contributed by atoms with Crippen LogP contribution in [0.3, 0.4) is 0 Å². The van der Waals surface area contributed by atoms with Crippen molar-refractivity contribution in [3.63, 3.8) is 0 Å². The first-order chi connectivity index (χ1) is 12.2. The summed E-state index contributed by atoms with van der Waals surface area (Å²) >= 11 is 1.28. The van der Waals surface area contributed by atoms with Crippen molar-refractivity contribution in [2.24, 2.45) is 0 Å². The van der Waals surface area contributed by atoms with E-state index >= 15 is 0 Å². The summed E-state index contributed by atoms with van der Waals surface area (Å²) in [5.74, 6) is 1.50. The Labute approximate surface area is 150 Å². The number of aromatic amines is 1. The summed E-state index contributed by atoms with van der Waals surface area (Å²) in [6.07, 6.45) is 0. The monoisotopic (exact) mass is 354 g/mol. The van der Waals surface area contributed by atoms with Crippen molar-refractivity contribution >= 4 is 23.4 Å². The van der Waals surface area contributed by atoms with Crippen molar-refractivity contribution in [1.29, 1.82) is 0 Å². The molecule has 25 heavy (non-hydrogen) atoms. The molecule has 1 aromatic heterocycles. The average Bonchev–Trinajstić information content (AvgIpc) is 3.09. The molecule has 0 radical (unpaired) electrons. The van der Waals surface area contributed by atoms with Gasteiger partial charge in [-0.25, -0.2) is 4.98 Å². The van der Waals surface area contributed by atoms with E-state index in [0.717, 1.165) is 11.1 Å². The van der Waals surface area contributed by atoms with Gasteiger partial charge < -0.3 is 10.1 Å². The van der Waals surface area contributed by atoms with Crippen molar-refractivity contribution in [3.05, 3.63) is 54.1 Å². The molecule has 0 spiro atoms. The zero-order chi connectivity index (χ0) is 17.6. The van der Waals surface area contributed by atoms with E-state index in [1.807, 2.05) is 49.4 Å². The third-order valence-electron chi connectivity index (χ3n) is 3.55. The van der Waals surface area contributed by atoms with Gasteiger partial charge in [-0.2, -0.15) is 0 Å². The molecular formula is C18H18N4O2S. The first-order valence-electron chi connectivity index (χ1n) is 7.71. The molecule has 0 bridgehead atoms. The van der Waals surface area contributed by atoms with E-state index in [-0.39, 0.29) is 11.7 Å². The van der Waals surface area contributed by atoms with Crippen molar-refractivity contribution in [3.8, 4) is 17.1 Å². The Bertz CT molecular complexity index is 879. The number of carbonyl (C=O) groups excluding carboxylic acids is 1. The number of H-pyrrole nitrogens is 1. The molecule has 0 saturated carbocycles. The second kappa shape index (κ2) is 7.85. The maximum absolute atomic E-state index is 12.1. The van der Waals surface area contributed by atoms with Crippen LogP contribution in [0.15, 0.2) is 53.7 Å². The topological polar surface area (TPSA) is 79.9 Å². The average molecular weight is 354 g/mol. The summed E-state index contributed by atoms with van der Waals surface area (Å²) in [5.41, 5.74) is 2.81. The number of hydrogen-bond acceptors (Lipinski definition) is 5. The zero-order valence-corrected chi connectivity index (χ0v) is 14.8. The summed E-state index contributed by atoms with van der Waals surface area (Å²) in [7, 11) is 1.59. The van der Waals surface area contributed by atoms with Crippen LogP contribution in [-0.2, 0) is 4.79 Å². The molecule has 0 atom stereocenters. The van der Waals surface area contributed by atoms with E-state index < -0.39 is 0 Å². The van der Waals surface area contributed by atoms with Gasteiger partial charge in [-0.15, -0.1) is 5.10 Å². The minimum absolute atomic E-state index is 0.125. The third-order valence-corrected chi connectivity index (χ3v) is 4.40. The van der Waals surface area contributed by atoms with Crippen LogP contribution >= 0.6 is 11.8 Å². The van der Waals surface area contributed by atoms with E-state index in [9.17, 15) is 4.79 Å². The lowest BCUT2D eigenvalue weighted by atomic mass is 10.1. The van der Waals surface area contributed by atoms with Gasteiger partial charge in [0.15, 0.2) is 5.82 Å². The van der Waals surface area contributed by atoms with Crippen molar-refractivity contribution in [2.75, 3.05) is 18.2 Å². The number of amides is 1. The fraction of sp³-hybridized carbons (Fsp3) is 0.167. The van der Waals surface area contributed by atoms with Gasteiger partial charge in [-0.1, -0.05) is 42.1 Å². The number of anilines is 1. The minimum Gasteiger partial charge on any atom is -0.497 e. The van der Waals surface area contributed by atoms with Crippen molar-refractivity contribution in [2.45, 2.75) is 12.1 Å². The predicted octanol–water partition coefficient (Wildman–Crippen LogP) is 3.52. The smallest absolute Gasteiger partial charge is 0.234 e. The molecule has 0 aliphatic carbocycles. The van der Waals surface area contributed by atoms with Crippen LogP contribution in [0.5, 0.6) is 5.75 Å². The van der Waals surface area contributed by atoms with Crippen molar-refractivity contribution < 1.29 is 9.53 Å². The van der Waals surface area contributed by atoms with Gasteiger partial charge in [-0.3, -0.25) is 9.89 Å². The number of nitrogens with zero attached hydrogens (tertiary/aromatic N) is 2. The Morgan fingerprint density at radius 3 is 2.88 bits per heavy atom. The van der Waals surface area contributed by atoms with Crippen molar-refractivity contribution in [1.82, 2.24) is 15.2 Å². The van der Waals surface area contributed by atoms with Crippen LogP contribution in [0, 0.1) is 6.92 Å². The Morgan fingerprint density at radius 1 is 1.24 bits per heavy atom. The quantitative estimate of drug-likeness (QED) is 0.662. The van der Waals surface area contributed by atoms with E-state index in [1.54, 1.807) is 13.2 Å². The lowest BCUT2D eigenvalue weighted by Crippen LogP contribution is -2.14. The van der Waals surface area contributed by atoms with E-state index in [4.69, 9.17) is 4.74 Å². The Kier molecular flexibility index (Phi) is 5.35. The highest BCUT2D eigenvalue weighted by Gasteiger charge is 2.10. The lowest BCUT2D eigenvalue weighted by molar-refractivity contribution is -0.113. The Hall–Kier alpha value is -2.80. The summed E-state index contributed by atoms with van der Waals surface area (Å²) in [5, 5.41) is 10.5. The van der Waals surface area contributed by atoms with Crippen LogP contribution in [0.25, 0.3) is 11.4 Å². The maximum atomic E-state index is 12.1. The molecule has 0 saturated heterocycles. The normalized spacial score (nSPS) is 10.5. The molecule has 0 aliphatic rings. The number of benzene rings is 2. The summed E-state index contributed by atoms with van der Waals surface area (Å²) < 4.78 is 5.14. The van der Waals surface area contributed by atoms with Crippen LogP contribution in [-0.4, -0.2) is 34.0 Å². The molecule has 7 heteroatoms. The number of methoxy groups -OCH3 is 1. The Morgan fingerprint density at radius 2 is 2.08 bits per heavy atom. The molecule has 128 valence electrons. The predicted molar refractivity (Wildman–Crippen MR) is 98.9 cm³/mol. The maximum Gasteiger partial charge on any atom is 0.234 e. The highest BCUT2D eigenvalue weighted by atomic mass is 32.2. The summed E-state index contributed by atoms with van der Waals surface area (Å²) in [6.45, 7) is 2.02. The number of hydrogen-bond donors (Lipinski definition) is 2. The number of rotatable bonds is 6. The van der Waals surface area contributed by atoms with Gasteiger partial charge in [0.1, 0.15) is 5.75 Å². The number of thioether (sulfide) groups is 1. The van der Waals surface area contributed by atoms with E-state index in [2.05, 4.69) is 20.5 Å². The van der Waals surface area contributed by atoms with E-state index in [0.29, 0.717) is 22.4 Å². The second-order valence-electron chi connectivity index (χ2n) is 5.35. The molecular weight excluding hydrogens is 336 g/mol. The minimum atomic E-state index is -0.125. The summed E-state index contributed by atoms with van der Waals surface area (Å²) in [6, 6.07) is 15.2. The number of carbonyl (C=O) groups is 1. The fourth-order valence-electron chi connectivity index (χ4n) is 2.30. The highest BCUT2D eigenvalue weighted by Crippen LogP contribution is 2.22. The molecule has 1 amide bonds. The molecule has 0 aliphatic heterocycles. The van der Waals surface area contributed by atoms with Crippen LogP contribution in [0.2, 0.25) is 0 Å². The van der Waals surface area contributed by atoms with Crippen LogP contribution in [0.4, 0.5) is 5.69 Å². The van der Waals surface area contributed by atoms with E-state index in [1.165, 1.54) is 11.8 Å². The van der Waals surface area contributed by atoms with Gasteiger partial charge in [0.05, 0.1) is 12.9 Å². The van der Waals surface area contributed by atoms with Crippen LogP contribution in [0.1, 0.15) is 5.56 Å². The van der Waals surface area contributed by atoms with Gasteiger partial charge in [0.2, 0.25) is 11.1 Å².